The summed E-state index contributed by atoms with van der Waals surface area (Å²) < 4.78 is 15.6. The molecule has 1 aliphatic heterocycles. The lowest BCUT2D eigenvalue weighted by Crippen LogP contribution is -2.38. The molecular weight excluding hydrogens is 339 g/mol. The van der Waals surface area contributed by atoms with Gasteiger partial charge in [-0.05, 0) is 36.2 Å². The van der Waals surface area contributed by atoms with Crippen LogP contribution in [0.25, 0.3) is 5.65 Å². The van der Waals surface area contributed by atoms with E-state index in [1.807, 2.05) is 0 Å². The molecule has 134 valence electrons. The molecule has 4 rings (SSSR count). The van der Waals surface area contributed by atoms with Crippen LogP contribution in [0.5, 0.6) is 0 Å². The molecule has 0 bridgehead atoms. The first-order valence-electron chi connectivity index (χ1n) is 8.27. The Morgan fingerprint density at radius 3 is 2.73 bits per heavy atom. The van der Waals surface area contributed by atoms with E-state index in [1.165, 1.54) is 33.6 Å². The molecule has 0 aliphatic carbocycles. The Morgan fingerprint density at radius 2 is 2.00 bits per heavy atom. The fraction of sp³-hybridized carbons (Fsp3) is 0.278. The zero-order valence-corrected chi connectivity index (χ0v) is 13.9. The number of aromatic nitrogens is 3. The quantitative estimate of drug-likeness (QED) is 0.751. The topological polar surface area (TPSA) is 79.8 Å². The summed E-state index contributed by atoms with van der Waals surface area (Å²) in [4.78, 5) is 26.3. The van der Waals surface area contributed by atoms with Crippen LogP contribution >= 0.6 is 0 Å². The van der Waals surface area contributed by atoms with Gasteiger partial charge in [0.15, 0.2) is 5.65 Å². The second-order valence-electron chi connectivity index (χ2n) is 6.47. The molecule has 1 N–H and O–H groups in total. The van der Waals surface area contributed by atoms with Gasteiger partial charge in [-0.1, -0.05) is 18.2 Å². The number of hydrogen-bond acceptors (Lipinski definition) is 4. The minimum absolute atomic E-state index is 0.0968. The second-order valence-corrected chi connectivity index (χ2v) is 6.47. The molecule has 1 saturated heterocycles. The van der Waals surface area contributed by atoms with Gasteiger partial charge in [0, 0.05) is 12.7 Å². The summed E-state index contributed by atoms with van der Waals surface area (Å²) in [6, 6.07) is 10.8. The summed E-state index contributed by atoms with van der Waals surface area (Å²) in [5.74, 6) is -0.678. The first-order chi connectivity index (χ1) is 12.5. The molecule has 1 aliphatic rings. The lowest BCUT2D eigenvalue weighted by molar-refractivity contribution is -0.132. The third-order valence-corrected chi connectivity index (χ3v) is 4.76. The van der Waals surface area contributed by atoms with Gasteiger partial charge in [0.1, 0.15) is 18.0 Å². The minimum atomic E-state index is -1.22. The smallest absolute Gasteiger partial charge is 0.350 e. The highest BCUT2D eigenvalue weighted by molar-refractivity contribution is 5.76. The molecule has 0 spiro atoms. The average Bonchev–Trinajstić information content (AvgIpc) is 3.18. The van der Waals surface area contributed by atoms with Gasteiger partial charge in [-0.25, -0.2) is 13.9 Å². The maximum absolute atomic E-state index is 13.1. The van der Waals surface area contributed by atoms with Gasteiger partial charge >= 0.3 is 5.69 Å². The first-order valence-corrected chi connectivity index (χ1v) is 8.27. The van der Waals surface area contributed by atoms with E-state index < -0.39 is 5.60 Å². The molecule has 1 aromatic carbocycles. The summed E-state index contributed by atoms with van der Waals surface area (Å²) in [7, 11) is 0. The normalized spacial score (nSPS) is 20.0. The number of likely N-dealkylation sites (tertiary alicyclic amines) is 1. The minimum Gasteiger partial charge on any atom is -0.383 e. The number of β-amino-alcohol motifs (C(OH)–C–C–N with tert-alkyl or cyclic N) is 1. The molecule has 7 nitrogen and oxygen atoms in total. The molecule has 1 amide bonds. The summed E-state index contributed by atoms with van der Waals surface area (Å²) in [6.45, 7) is 0.258. The maximum atomic E-state index is 13.1. The SMILES string of the molecule is O=C(Cn1nc2ccccn2c1=O)N1CCC(O)(c2ccc(F)cc2)C1. The van der Waals surface area contributed by atoms with Crippen LogP contribution < -0.4 is 5.69 Å². The van der Waals surface area contributed by atoms with Crippen molar-refractivity contribution in [3.8, 4) is 0 Å². The average molecular weight is 356 g/mol. The van der Waals surface area contributed by atoms with Crippen molar-refractivity contribution in [2.45, 2.75) is 18.6 Å². The van der Waals surface area contributed by atoms with Gasteiger partial charge in [-0.3, -0.25) is 9.20 Å². The third kappa shape index (κ3) is 2.78. The lowest BCUT2D eigenvalue weighted by Gasteiger charge is -2.24. The Morgan fingerprint density at radius 1 is 1.23 bits per heavy atom. The number of halogens is 1. The molecule has 1 fully saturated rings. The van der Waals surface area contributed by atoms with Crippen LogP contribution in [-0.4, -0.2) is 43.2 Å². The number of rotatable bonds is 3. The van der Waals surface area contributed by atoms with Crippen LogP contribution in [0.1, 0.15) is 12.0 Å². The highest BCUT2D eigenvalue weighted by Gasteiger charge is 2.39. The zero-order valence-electron chi connectivity index (χ0n) is 13.9. The predicted octanol–water partition coefficient (Wildman–Crippen LogP) is 0.755. The Balaban J connectivity index is 1.51. The molecule has 1 atom stereocenters. The van der Waals surface area contributed by atoms with Crippen molar-refractivity contribution in [2.75, 3.05) is 13.1 Å². The van der Waals surface area contributed by atoms with E-state index >= 15 is 0 Å². The summed E-state index contributed by atoms with van der Waals surface area (Å²) >= 11 is 0. The molecule has 3 heterocycles. The predicted molar refractivity (Wildman–Crippen MR) is 90.9 cm³/mol. The van der Waals surface area contributed by atoms with Crippen molar-refractivity contribution in [1.82, 2.24) is 19.1 Å². The highest BCUT2D eigenvalue weighted by Crippen LogP contribution is 2.32. The van der Waals surface area contributed by atoms with Gasteiger partial charge in [0.05, 0.1) is 6.54 Å². The zero-order chi connectivity index (χ0) is 18.3. The van der Waals surface area contributed by atoms with Gasteiger partial charge in [0.25, 0.3) is 0 Å². The monoisotopic (exact) mass is 356 g/mol. The van der Waals surface area contributed by atoms with E-state index in [0.717, 1.165) is 4.68 Å². The fourth-order valence-corrected chi connectivity index (χ4v) is 3.30. The van der Waals surface area contributed by atoms with E-state index in [1.54, 1.807) is 24.4 Å². The number of nitrogens with zero attached hydrogens (tertiary/aromatic N) is 4. The van der Waals surface area contributed by atoms with Crippen LogP contribution in [-0.2, 0) is 16.9 Å². The Hall–Kier alpha value is -3.00. The number of carbonyl (C=O) groups excluding carboxylic acids is 1. The molecule has 3 aromatic rings. The molecule has 0 saturated carbocycles. The third-order valence-electron chi connectivity index (χ3n) is 4.76. The summed E-state index contributed by atoms with van der Waals surface area (Å²) in [5.41, 5.74) is -0.566. The second kappa shape index (κ2) is 6.06. The largest absolute Gasteiger partial charge is 0.383 e. The molecule has 8 heteroatoms. The molecular formula is C18H17FN4O3. The first kappa shape index (κ1) is 16.5. The van der Waals surface area contributed by atoms with Gasteiger partial charge in [-0.15, -0.1) is 5.10 Å². The van der Waals surface area contributed by atoms with Crippen molar-refractivity contribution < 1.29 is 14.3 Å². The van der Waals surface area contributed by atoms with E-state index in [2.05, 4.69) is 5.10 Å². The number of pyridine rings is 1. The Labute approximate surface area is 147 Å². The number of fused-ring (bicyclic) bond motifs is 1. The Kier molecular flexibility index (Phi) is 3.84. The standard InChI is InChI=1S/C18H17FN4O3/c19-14-6-4-13(5-7-14)18(26)8-10-21(12-18)16(24)11-23-17(25)22-9-2-1-3-15(22)20-23/h1-7,9,26H,8,10-12H2. The van der Waals surface area contributed by atoms with E-state index in [-0.39, 0.29) is 30.5 Å². The fourth-order valence-electron chi connectivity index (χ4n) is 3.30. The molecule has 1 unspecified atom stereocenters. The van der Waals surface area contributed by atoms with Crippen LogP contribution in [0.2, 0.25) is 0 Å². The molecule has 2 aromatic heterocycles. The van der Waals surface area contributed by atoms with Gasteiger partial charge in [0.2, 0.25) is 5.91 Å². The number of carbonyl (C=O) groups is 1. The van der Waals surface area contributed by atoms with Crippen LogP contribution in [0.4, 0.5) is 4.39 Å². The van der Waals surface area contributed by atoms with E-state index in [0.29, 0.717) is 24.2 Å². The highest BCUT2D eigenvalue weighted by atomic mass is 19.1. The van der Waals surface area contributed by atoms with Crippen molar-refractivity contribution in [3.05, 3.63) is 70.5 Å². The van der Waals surface area contributed by atoms with Crippen molar-refractivity contribution in [2.24, 2.45) is 0 Å². The molecule has 26 heavy (non-hydrogen) atoms. The number of hydrogen-bond donors (Lipinski definition) is 1. The number of amides is 1. The van der Waals surface area contributed by atoms with Crippen molar-refractivity contribution in [1.29, 1.82) is 0 Å². The van der Waals surface area contributed by atoms with Crippen LogP contribution in [0.3, 0.4) is 0 Å². The van der Waals surface area contributed by atoms with E-state index in [4.69, 9.17) is 0 Å². The lowest BCUT2D eigenvalue weighted by atomic mass is 9.93. The summed E-state index contributed by atoms with van der Waals surface area (Å²) in [5, 5.41) is 14.9. The van der Waals surface area contributed by atoms with Crippen molar-refractivity contribution >= 4 is 11.6 Å². The molecule has 0 radical (unpaired) electrons. The number of benzene rings is 1. The van der Waals surface area contributed by atoms with Crippen molar-refractivity contribution in [3.63, 3.8) is 0 Å². The maximum Gasteiger partial charge on any atom is 0.350 e. The summed E-state index contributed by atoms with van der Waals surface area (Å²) in [6.07, 6.45) is 1.94. The number of aliphatic hydroxyl groups is 1. The Bertz CT molecular complexity index is 1030. The van der Waals surface area contributed by atoms with Gasteiger partial charge < -0.3 is 10.0 Å². The van der Waals surface area contributed by atoms with Crippen LogP contribution in [0, 0.1) is 5.82 Å². The van der Waals surface area contributed by atoms with Crippen LogP contribution in [0.15, 0.2) is 53.5 Å². The van der Waals surface area contributed by atoms with E-state index in [9.17, 15) is 19.1 Å². The van der Waals surface area contributed by atoms with Gasteiger partial charge in [-0.2, -0.15) is 0 Å².